The van der Waals surface area contributed by atoms with E-state index in [9.17, 15) is 18.0 Å². The summed E-state index contributed by atoms with van der Waals surface area (Å²) in [6, 6.07) is 4.92. The van der Waals surface area contributed by atoms with Crippen molar-refractivity contribution in [1.82, 2.24) is 24.8 Å². The van der Waals surface area contributed by atoms with Gasteiger partial charge in [0, 0.05) is 44.6 Å². The Morgan fingerprint density at radius 2 is 1.91 bits per heavy atom. The van der Waals surface area contributed by atoms with Gasteiger partial charge in [0.05, 0.1) is 11.6 Å². The van der Waals surface area contributed by atoms with Gasteiger partial charge in [-0.3, -0.25) is 9.78 Å². The zero-order valence-corrected chi connectivity index (χ0v) is 17.1. The summed E-state index contributed by atoms with van der Waals surface area (Å²) in [5.41, 5.74) is 2.53. The number of carbonyl (C=O) groups excluding carboxylic acids is 1. The van der Waals surface area contributed by atoms with Crippen LogP contribution in [0, 0.1) is 5.92 Å². The highest BCUT2D eigenvalue weighted by molar-refractivity contribution is 5.89. The summed E-state index contributed by atoms with van der Waals surface area (Å²) in [7, 11) is 0. The normalized spacial score (nSPS) is 26.9. The molecule has 0 spiro atoms. The molecule has 32 heavy (non-hydrogen) atoms. The van der Waals surface area contributed by atoms with E-state index in [1.165, 1.54) is 12.3 Å². The highest BCUT2D eigenvalue weighted by Gasteiger charge is 2.51. The van der Waals surface area contributed by atoms with E-state index in [1.807, 2.05) is 11.0 Å². The number of aromatic nitrogens is 4. The minimum atomic E-state index is -2.62. The number of fused-ring (bicyclic) bond motifs is 3. The maximum atomic E-state index is 13.5. The molecule has 0 radical (unpaired) electrons. The molecule has 2 aliphatic heterocycles. The third kappa shape index (κ3) is 3.11. The van der Waals surface area contributed by atoms with Crippen molar-refractivity contribution in [3.8, 4) is 11.4 Å². The fourth-order valence-electron chi connectivity index (χ4n) is 5.04. The Hall–Kier alpha value is -3.17. The van der Waals surface area contributed by atoms with E-state index in [4.69, 9.17) is 0 Å². The number of hydrogen-bond donors (Lipinski definition) is 1. The number of amides is 1. The molecule has 3 fully saturated rings. The van der Waals surface area contributed by atoms with Crippen LogP contribution in [-0.4, -0.2) is 62.1 Å². The summed E-state index contributed by atoms with van der Waals surface area (Å²) < 4.78 is 39.0. The Morgan fingerprint density at radius 3 is 2.53 bits per heavy atom. The highest BCUT2D eigenvalue weighted by Crippen LogP contribution is 2.41. The second-order valence-electron chi connectivity index (χ2n) is 8.78. The topological polar surface area (TPSA) is 78.0 Å². The van der Waals surface area contributed by atoms with Crippen molar-refractivity contribution < 1.29 is 19.4 Å². The molecule has 1 saturated carbocycles. The van der Waals surface area contributed by atoms with Crippen LogP contribution in [0.15, 0.2) is 30.6 Å². The van der Waals surface area contributed by atoms with E-state index in [-0.39, 0.29) is 25.1 Å². The van der Waals surface area contributed by atoms with Gasteiger partial charge in [-0.2, -0.15) is 0 Å². The Morgan fingerprint density at radius 1 is 1.16 bits per heavy atom. The quantitative estimate of drug-likeness (QED) is 0.663. The molecule has 3 aliphatic rings. The molecule has 1 aliphatic carbocycles. The molecule has 2 bridgehead atoms. The summed E-state index contributed by atoms with van der Waals surface area (Å²) in [4.78, 5) is 32.8. The van der Waals surface area contributed by atoms with E-state index in [1.54, 1.807) is 12.3 Å². The average Bonchev–Trinajstić information content (AvgIpc) is 3.26. The number of nitrogens with one attached hydrogen (secondary N) is 1. The first kappa shape index (κ1) is 19.5. The molecule has 2 saturated heterocycles. The molecule has 1 amide bonds. The van der Waals surface area contributed by atoms with Crippen molar-refractivity contribution in [2.75, 3.05) is 18.0 Å². The van der Waals surface area contributed by atoms with Crippen molar-refractivity contribution in [3.05, 3.63) is 36.3 Å². The van der Waals surface area contributed by atoms with E-state index >= 15 is 0 Å². The van der Waals surface area contributed by atoms with Gasteiger partial charge in [-0.25, -0.2) is 23.1 Å². The number of halogens is 3. The van der Waals surface area contributed by atoms with Crippen LogP contribution in [0.5, 0.6) is 0 Å². The Labute approximate surface area is 183 Å². The van der Waals surface area contributed by atoms with Crippen LogP contribution >= 0.6 is 0 Å². The molecule has 2 unspecified atom stereocenters. The lowest BCUT2D eigenvalue weighted by atomic mass is 10.1. The summed E-state index contributed by atoms with van der Waals surface area (Å²) in [6.45, 7) is 1.34. The van der Waals surface area contributed by atoms with Crippen LogP contribution < -0.4 is 4.90 Å². The number of anilines is 1. The number of rotatable bonds is 4. The summed E-state index contributed by atoms with van der Waals surface area (Å²) >= 11 is 0. The SMILES string of the molecule is O=C([C@@H]1C[C@H]1F)N1C2CCC1CN(c1ccnc3nc(-c4ccc(C(F)F)nc4)[nH]c13)C2.[HH]. The molecule has 1 N–H and O–H groups in total. The standard InChI is InChI=1S/C22H21F3N6O.H2/c23-15-7-14(15)22(32)31-12-2-3-13(31)10-30(9-12)17-5-6-26-21-18(17)28-20(29-21)11-1-4-16(19(24)25)27-8-11;/h1,4-6,8,12-15,19H,2-3,7,9-10H2,(H,26,28,29);1H/t12?,13?,14-,15-;/m1./s1. The summed E-state index contributed by atoms with van der Waals surface area (Å²) in [6.07, 6.45) is 1.66. The van der Waals surface area contributed by atoms with E-state index in [0.717, 1.165) is 24.0 Å². The predicted octanol–water partition coefficient (Wildman–Crippen LogP) is 3.74. The lowest BCUT2D eigenvalue weighted by Crippen LogP contribution is -2.56. The van der Waals surface area contributed by atoms with Crippen molar-refractivity contribution in [1.29, 1.82) is 0 Å². The smallest absolute Gasteiger partial charge is 0.280 e. The minimum absolute atomic E-state index is 0. The van der Waals surface area contributed by atoms with Gasteiger partial charge in [-0.05, 0) is 37.5 Å². The first-order valence-corrected chi connectivity index (χ1v) is 10.8. The fourth-order valence-corrected chi connectivity index (χ4v) is 5.04. The van der Waals surface area contributed by atoms with Crippen LogP contribution in [-0.2, 0) is 4.79 Å². The van der Waals surface area contributed by atoms with Gasteiger partial charge < -0.3 is 14.8 Å². The molecule has 10 heteroatoms. The molecule has 3 aromatic rings. The summed E-state index contributed by atoms with van der Waals surface area (Å²) in [5, 5.41) is 0. The number of piperazine rings is 1. The van der Waals surface area contributed by atoms with Crippen molar-refractivity contribution >= 4 is 22.8 Å². The number of imidazole rings is 1. The van der Waals surface area contributed by atoms with E-state index < -0.39 is 18.5 Å². The van der Waals surface area contributed by atoms with Crippen LogP contribution in [0.25, 0.3) is 22.6 Å². The second kappa shape index (κ2) is 7.18. The van der Waals surface area contributed by atoms with Crippen LogP contribution in [0.4, 0.5) is 18.9 Å². The first-order valence-electron chi connectivity index (χ1n) is 10.8. The largest absolute Gasteiger partial charge is 0.366 e. The molecule has 168 valence electrons. The van der Waals surface area contributed by atoms with Crippen LogP contribution in [0.2, 0.25) is 0 Å². The van der Waals surface area contributed by atoms with Gasteiger partial charge in [0.25, 0.3) is 6.43 Å². The lowest BCUT2D eigenvalue weighted by molar-refractivity contribution is -0.136. The first-order chi connectivity index (χ1) is 15.5. The maximum Gasteiger partial charge on any atom is 0.280 e. The average molecular weight is 444 g/mol. The lowest BCUT2D eigenvalue weighted by Gasteiger charge is -2.42. The molecule has 5 heterocycles. The van der Waals surface area contributed by atoms with Gasteiger partial charge in [0.2, 0.25) is 5.91 Å². The molecule has 6 rings (SSSR count). The van der Waals surface area contributed by atoms with Gasteiger partial charge >= 0.3 is 0 Å². The molecule has 0 aromatic carbocycles. The van der Waals surface area contributed by atoms with Gasteiger partial charge in [0.1, 0.15) is 23.2 Å². The number of hydrogen-bond acceptors (Lipinski definition) is 5. The number of pyridine rings is 2. The number of aromatic amines is 1. The maximum absolute atomic E-state index is 13.5. The zero-order valence-electron chi connectivity index (χ0n) is 17.1. The van der Waals surface area contributed by atoms with Crippen molar-refractivity contribution in [2.45, 2.75) is 43.9 Å². The third-order valence-electron chi connectivity index (χ3n) is 6.76. The molecule has 3 aromatic heterocycles. The fraction of sp³-hybridized carbons (Fsp3) is 0.455. The monoisotopic (exact) mass is 444 g/mol. The molecule has 7 nitrogen and oxygen atoms in total. The Balaban J connectivity index is 0.00000228. The number of carbonyl (C=O) groups is 1. The van der Waals surface area contributed by atoms with Crippen LogP contribution in [0.1, 0.15) is 32.8 Å². The Kier molecular flexibility index (Phi) is 4.38. The zero-order chi connectivity index (χ0) is 22.0. The van der Waals surface area contributed by atoms with E-state index in [0.29, 0.717) is 36.5 Å². The van der Waals surface area contributed by atoms with Gasteiger partial charge in [0.15, 0.2) is 5.65 Å². The van der Waals surface area contributed by atoms with E-state index in [2.05, 4.69) is 24.8 Å². The number of H-pyrrole nitrogens is 1. The van der Waals surface area contributed by atoms with Gasteiger partial charge in [-0.1, -0.05) is 0 Å². The molecule has 4 atom stereocenters. The Bertz CT molecular complexity index is 1170. The summed E-state index contributed by atoms with van der Waals surface area (Å²) in [5.74, 6) is 0.0263. The van der Waals surface area contributed by atoms with Gasteiger partial charge in [-0.15, -0.1) is 0 Å². The van der Waals surface area contributed by atoms with Crippen molar-refractivity contribution in [3.63, 3.8) is 0 Å². The number of alkyl halides is 3. The highest BCUT2D eigenvalue weighted by atomic mass is 19.3. The van der Waals surface area contributed by atoms with Crippen LogP contribution in [0.3, 0.4) is 0 Å². The van der Waals surface area contributed by atoms with Crippen molar-refractivity contribution in [2.24, 2.45) is 5.92 Å². The second-order valence-corrected chi connectivity index (χ2v) is 8.78. The molecular formula is C22H23F3N6O. The third-order valence-corrected chi connectivity index (χ3v) is 6.76. The predicted molar refractivity (Wildman–Crippen MR) is 113 cm³/mol. The minimum Gasteiger partial charge on any atom is -0.366 e. The number of nitrogens with zero attached hydrogens (tertiary/aromatic N) is 5. The molecular weight excluding hydrogens is 421 g/mol.